The van der Waals surface area contributed by atoms with Crippen molar-refractivity contribution in [2.45, 2.75) is 19.3 Å². The highest BCUT2D eigenvalue weighted by Crippen LogP contribution is 2.38. The van der Waals surface area contributed by atoms with E-state index in [0.717, 1.165) is 6.07 Å². The van der Waals surface area contributed by atoms with E-state index in [0.29, 0.717) is 0 Å². The molecule has 0 N–H and O–H groups in total. The maximum Gasteiger partial charge on any atom is 0.421 e. The third kappa shape index (κ3) is 3.38. The number of allylic oxidation sites excluding steroid dienone is 2. The normalized spacial score (nSPS) is 12.4. The Morgan fingerprint density at radius 2 is 1.61 bits per heavy atom. The molecule has 1 rings (SSSR count). The minimum atomic E-state index is -5.66. The Morgan fingerprint density at radius 1 is 1.11 bits per heavy atom. The molecule has 0 radical (unpaired) electrons. The molecule has 18 heavy (non-hydrogen) atoms. The van der Waals surface area contributed by atoms with E-state index in [9.17, 15) is 31.1 Å². The molecule has 1 aromatic rings. The molecule has 0 atom stereocenters. The lowest BCUT2D eigenvalue weighted by Gasteiger charge is -2.14. The summed E-state index contributed by atoms with van der Waals surface area (Å²) in [4.78, 5) is 11.2. The van der Waals surface area contributed by atoms with Gasteiger partial charge in [0.15, 0.2) is 5.76 Å². The second-order valence-electron chi connectivity index (χ2n) is 3.33. The standard InChI is InChI=1S/C10H6F6O2/c1-5-2-3-7(18-5)6(17)4-8(9(11,12)13)10(14,15)16/h2-4H,1H3. The third-order valence-electron chi connectivity index (χ3n) is 1.87. The van der Waals surface area contributed by atoms with Crippen molar-refractivity contribution in [2.24, 2.45) is 0 Å². The van der Waals surface area contributed by atoms with Crippen molar-refractivity contribution in [3.05, 3.63) is 35.3 Å². The summed E-state index contributed by atoms with van der Waals surface area (Å²) < 4.78 is 77.4. The highest BCUT2D eigenvalue weighted by molar-refractivity contribution is 6.03. The minimum absolute atomic E-state index is 0.201. The van der Waals surface area contributed by atoms with Gasteiger partial charge < -0.3 is 4.42 Å². The van der Waals surface area contributed by atoms with Gasteiger partial charge in [-0.15, -0.1) is 0 Å². The molecule has 0 bridgehead atoms. The maximum atomic E-state index is 12.1. The van der Waals surface area contributed by atoms with Gasteiger partial charge in [-0.1, -0.05) is 0 Å². The Balaban J connectivity index is 3.15. The molecule has 0 aliphatic rings. The smallest absolute Gasteiger partial charge is 0.421 e. The third-order valence-corrected chi connectivity index (χ3v) is 1.87. The lowest BCUT2D eigenvalue weighted by Crippen LogP contribution is -2.27. The number of hydrogen-bond donors (Lipinski definition) is 0. The summed E-state index contributed by atoms with van der Waals surface area (Å²) in [6, 6.07) is 2.25. The molecule has 1 heterocycles. The molecule has 0 aliphatic carbocycles. The first-order chi connectivity index (χ1) is 8.01. The predicted molar refractivity (Wildman–Crippen MR) is 48.0 cm³/mol. The number of carbonyl (C=O) groups excluding carboxylic acids is 1. The van der Waals surface area contributed by atoms with Gasteiger partial charge in [-0.25, -0.2) is 0 Å². The first-order valence-corrected chi connectivity index (χ1v) is 4.48. The first kappa shape index (κ1) is 14.3. The maximum absolute atomic E-state index is 12.1. The number of hydrogen-bond acceptors (Lipinski definition) is 2. The molecular weight excluding hydrogens is 266 g/mol. The molecular formula is C10H6F6O2. The Hall–Kier alpha value is -1.73. The fraction of sp³-hybridized carbons (Fsp3) is 0.300. The minimum Gasteiger partial charge on any atom is -0.458 e. The number of ketones is 1. The van der Waals surface area contributed by atoms with Gasteiger partial charge in [0.1, 0.15) is 11.3 Å². The second-order valence-corrected chi connectivity index (χ2v) is 3.33. The van der Waals surface area contributed by atoms with Crippen molar-refractivity contribution in [1.29, 1.82) is 0 Å². The molecule has 0 saturated carbocycles. The van der Waals surface area contributed by atoms with Gasteiger partial charge >= 0.3 is 12.4 Å². The van der Waals surface area contributed by atoms with Gasteiger partial charge in [0, 0.05) is 6.08 Å². The summed E-state index contributed by atoms with van der Waals surface area (Å²) in [6.45, 7) is 1.40. The predicted octanol–water partition coefficient (Wildman–Crippen LogP) is 3.82. The Kier molecular flexibility index (Phi) is 3.59. The Morgan fingerprint density at radius 3 is 1.94 bits per heavy atom. The zero-order valence-electron chi connectivity index (χ0n) is 8.82. The van der Waals surface area contributed by atoms with Crippen molar-refractivity contribution in [1.82, 2.24) is 0 Å². The molecule has 2 nitrogen and oxygen atoms in total. The van der Waals surface area contributed by atoms with Crippen LogP contribution in [0.3, 0.4) is 0 Å². The molecule has 0 aromatic carbocycles. The Bertz CT molecular complexity index is 461. The quantitative estimate of drug-likeness (QED) is 0.465. The average molecular weight is 272 g/mol. The fourth-order valence-electron chi connectivity index (χ4n) is 1.09. The summed E-state index contributed by atoms with van der Waals surface area (Å²) in [5, 5.41) is 0. The van der Waals surface area contributed by atoms with Crippen molar-refractivity contribution >= 4 is 5.78 Å². The van der Waals surface area contributed by atoms with Crippen LogP contribution in [0, 0.1) is 6.92 Å². The molecule has 1 aromatic heterocycles. The van der Waals surface area contributed by atoms with Crippen LogP contribution < -0.4 is 0 Å². The van der Waals surface area contributed by atoms with Crippen LogP contribution in [0.25, 0.3) is 0 Å². The highest BCUT2D eigenvalue weighted by Gasteiger charge is 2.51. The van der Waals surface area contributed by atoms with Crippen LogP contribution in [0.4, 0.5) is 26.3 Å². The first-order valence-electron chi connectivity index (χ1n) is 4.48. The number of rotatable bonds is 2. The zero-order chi connectivity index (χ0) is 14.1. The van der Waals surface area contributed by atoms with Crippen molar-refractivity contribution in [3.63, 3.8) is 0 Å². The van der Waals surface area contributed by atoms with Crippen LogP contribution in [0.5, 0.6) is 0 Å². The van der Waals surface area contributed by atoms with E-state index in [1.807, 2.05) is 0 Å². The zero-order valence-corrected chi connectivity index (χ0v) is 8.82. The summed E-state index contributed by atoms with van der Waals surface area (Å²) in [5.41, 5.74) is -2.87. The molecule has 0 saturated heterocycles. The number of alkyl halides is 6. The summed E-state index contributed by atoms with van der Waals surface area (Å²) in [7, 11) is 0. The average Bonchev–Trinajstić information content (AvgIpc) is 2.57. The van der Waals surface area contributed by atoms with Gasteiger partial charge in [0.2, 0.25) is 5.78 Å². The van der Waals surface area contributed by atoms with Crippen LogP contribution >= 0.6 is 0 Å². The molecule has 0 spiro atoms. The molecule has 100 valence electrons. The highest BCUT2D eigenvalue weighted by atomic mass is 19.4. The van der Waals surface area contributed by atoms with Crippen molar-refractivity contribution < 1.29 is 35.6 Å². The molecule has 8 heteroatoms. The molecule has 0 aliphatic heterocycles. The number of halogens is 6. The van der Waals surface area contributed by atoms with Gasteiger partial charge in [-0.05, 0) is 19.1 Å². The Labute approximate surface area is 96.9 Å². The van der Waals surface area contributed by atoms with Crippen LogP contribution in [0.15, 0.2) is 28.2 Å². The number of carbonyl (C=O) groups is 1. The van der Waals surface area contributed by atoms with E-state index in [2.05, 4.69) is 4.42 Å². The number of furan rings is 1. The van der Waals surface area contributed by atoms with Gasteiger partial charge in [-0.3, -0.25) is 4.79 Å². The van der Waals surface area contributed by atoms with E-state index in [4.69, 9.17) is 0 Å². The summed E-state index contributed by atoms with van der Waals surface area (Å²) in [6.07, 6.45) is -11.8. The fourth-order valence-corrected chi connectivity index (χ4v) is 1.09. The number of aryl methyl sites for hydroxylation is 1. The lowest BCUT2D eigenvalue weighted by molar-refractivity contribution is -0.171. The van der Waals surface area contributed by atoms with Crippen LogP contribution in [-0.4, -0.2) is 18.1 Å². The van der Waals surface area contributed by atoms with Gasteiger partial charge in [-0.2, -0.15) is 26.3 Å². The van der Waals surface area contributed by atoms with Gasteiger partial charge in [0.25, 0.3) is 0 Å². The largest absolute Gasteiger partial charge is 0.458 e. The second kappa shape index (κ2) is 4.51. The molecule has 0 amide bonds. The van der Waals surface area contributed by atoms with Crippen molar-refractivity contribution in [2.75, 3.05) is 0 Å². The van der Waals surface area contributed by atoms with E-state index in [1.54, 1.807) is 0 Å². The molecule has 0 unspecified atom stereocenters. The van der Waals surface area contributed by atoms with Crippen molar-refractivity contribution in [3.8, 4) is 0 Å². The van der Waals surface area contributed by atoms with E-state index in [1.165, 1.54) is 13.0 Å². The van der Waals surface area contributed by atoms with Crippen LogP contribution in [0.2, 0.25) is 0 Å². The SMILES string of the molecule is Cc1ccc(C(=O)C=C(C(F)(F)F)C(F)(F)F)o1. The van der Waals surface area contributed by atoms with Gasteiger partial charge in [0.05, 0.1) is 0 Å². The van der Waals surface area contributed by atoms with Crippen LogP contribution in [0.1, 0.15) is 16.3 Å². The van der Waals surface area contributed by atoms with E-state index in [-0.39, 0.29) is 5.76 Å². The lowest BCUT2D eigenvalue weighted by atomic mass is 10.1. The summed E-state index contributed by atoms with van der Waals surface area (Å²) in [5.74, 6) is -1.88. The topological polar surface area (TPSA) is 30.2 Å². The van der Waals surface area contributed by atoms with Crippen LogP contribution in [-0.2, 0) is 0 Å². The molecule has 0 fully saturated rings. The monoisotopic (exact) mass is 272 g/mol. The summed E-state index contributed by atoms with van der Waals surface area (Å²) >= 11 is 0. The van der Waals surface area contributed by atoms with E-state index >= 15 is 0 Å². The van der Waals surface area contributed by atoms with E-state index < -0.39 is 35.5 Å².